The number of rotatable bonds is 4. The largest absolute Gasteiger partial charge is 0.422 e. The van der Waals surface area contributed by atoms with Gasteiger partial charge in [0.2, 0.25) is 5.91 Å². The Balaban J connectivity index is 1.40. The monoisotopic (exact) mass is 383 g/mol. The zero-order chi connectivity index (χ0) is 19.7. The SMILES string of the molecule is Cc1ccc2c(CN3CCN(CC(=O)N4CCCC4)CC3)cc(=O)oc2c1C. The second-order valence-electron chi connectivity index (χ2n) is 8.12. The van der Waals surface area contributed by atoms with Crippen LogP contribution in [0.3, 0.4) is 0 Å². The fraction of sp³-hybridized carbons (Fsp3) is 0.545. The van der Waals surface area contributed by atoms with Crippen LogP contribution in [0.15, 0.2) is 27.4 Å². The highest BCUT2D eigenvalue weighted by atomic mass is 16.4. The highest BCUT2D eigenvalue weighted by Gasteiger charge is 2.24. The number of aryl methyl sites for hydroxylation is 2. The van der Waals surface area contributed by atoms with Crippen LogP contribution in [0.4, 0.5) is 0 Å². The molecule has 2 fully saturated rings. The van der Waals surface area contributed by atoms with Crippen LogP contribution in [-0.2, 0) is 11.3 Å². The van der Waals surface area contributed by atoms with Crippen molar-refractivity contribution in [1.29, 1.82) is 0 Å². The lowest BCUT2D eigenvalue weighted by Gasteiger charge is -2.35. The molecule has 2 aliphatic heterocycles. The Morgan fingerprint density at radius 3 is 2.39 bits per heavy atom. The fourth-order valence-corrected chi connectivity index (χ4v) is 4.26. The third-order valence-electron chi connectivity index (χ3n) is 6.19. The second-order valence-corrected chi connectivity index (χ2v) is 8.12. The molecule has 0 bridgehead atoms. The molecule has 2 aliphatic rings. The van der Waals surface area contributed by atoms with Gasteiger partial charge in [0.1, 0.15) is 5.58 Å². The predicted octanol–water partition coefficient (Wildman–Crippen LogP) is 2.15. The molecule has 0 N–H and O–H groups in total. The van der Waals surface area contributed by atoms with E-state index in [1.165, 1.54) is 0 Å². The Bertz CT molecular complexity index is 923. The molecule has 0 aliphatic carbocycles. The maximum absolute atomic E-state index is 12.4. The summed E-state index contributed by atoms with van der Waals surface area (Å²) in [4.78, 5) is 31.0. The van der Waals surface area contributed by atoms with Crippen molar-refractivity contribution in [2.45, 2.75) is 33.2 Å². The van der Waals surface area contributed by atoms with Crippen molar-refractivity contribution in [2.75, 3.05) is 45.8 Å². The molecule has 0 saturated carbocycles. The molecule has 28 heavy (non-hydrogen) atoms. The zero-order valence-corrected chi connectivity index (χ0v) is 16.9. The van der Waals surface area contributed by atoms with Gasteiger partial charge in [0.25, 0.3) is 0 Å². The van der Waals surface area contributed by atoms with Crippen LogP contribution in [0, 0.1) is 13.8 Å². The topological polar surface area (TPSA) is 57.0 Å². The van der Waals surface area contributed by atoms with Gasteiger partial charge < -0.3 is 9.32 Å². The summed E-state index contributed by atoms with van der Waals surface area (Å²) in [5.41, 5.74) is 3.60. The lowest BCUT2D eigenvalue weighted by Crippen LogP contribution is -2.49. The summed E-state index contributed by atoms with van der Waals surface area (Å²) in [6, 6.07) is 5.77. The molecule has 6 heteroatoms. The maximum atomic E-state index is 12.4. The van der Waals surface area contributed by atoms with Crippen molar-refractivity contribution in [3.63, 3.8) is 0 Å². The van der Waals surface area contributed by atoms with Crippen molar-refractivity contribution in [1.82, 2.24) is 14.7 Å². The molecular weight excluding hydrogens is 354 g/mol. The van der Waals surface area contributed by atoms with Crippen LogP contribution in [0.1, 0.15) is 29.5 Å². The number of fused-ring (bicyclic) bond motifs is 1. The van der Waals surface area contributed by atoms with Gasteiger partial charge in [-0.3, -0.25) is 14.6 Å². The number of piperazine rings is 1. The molecule has 0 spiro atoms. The Morgan fingerprint density at radius 2 is 1.68 bits per heavy atom. The van der Waals surface area contributed by atoms with E-state index in [9.17, 15) is 9.59 Å². The molecule has 1 amide bonds. The van der Waals surface area contributed by atoms with E-state index in [0.717, 1.165) is 80.7 Å². The second kappa shape index (κ2) is 8.05. The van der Waals surface area contributed by atoms with Crippen molar-refractivity contribution >= 4 is 16.9 Å². The van der Waals surface area contributed by atoms with Gasteiger partial charge in [-0.1, -0.05) is 12.1 Å². The molecule has 3 heterocycles. The Hall–Kier alpha value is -2.18. The number of carbonyl (C=O) groups excluding carboxylic acids is 1. The lowest BCUT2D eigenvalue weighted by atomic mass is 10.0. The molecule has 0 unspecified atom stereocenters. The molecule has 6 nitrogen and oxygen atoms in total. The number of likely N-dealkylation sites (tertiary alicyclic amines) is 1. The molecule has 150 valence electrons. The first-order valence-corrected chi connectivity index (χ1v) is 10.3. The number of nitrogens with zero attached hydrogens (tertiary/aromatic N) is 3. The molecule has 4 rings (SSSR count). The normalized spacial score (nSPS) is 18.9. The molecular formula is C22H29N3O3. The van der Waals surface area contributed by atoms with E-state index in [1.807, 2.05) is 18.7 Å². The number of amides is 1. The minimum atomic E-state index is -0.286. The summed E-state index contributed by atoms with van der Waals surface area (Å²) < 4.78 is 5.49. The first-order chi connectivity index (χ1) is 13.5. The van der Waals surface area contributed by atoms with Gasteiger partial charge in [-0.05, 0) is 43.4 Å². The van der Waals surface area contributed by atoms with Crippen molar-refractivity contribution in [3.05, 3.63) is 45.3 Å². The number of hydrogen-bond acceptors (Lipinski definition) is 5. The van der Waals surface area contributed by atoms with E-state index in [-0.39, 0.29) is 11.5 Å². The zero-order valence-electron chi connectivity index (χ0n) is 16.9. The number of benzene rings is 1. The highest BCUT2D eigenvalue weighted by molar-refractivity contribution is 5.84. The van der Waals surface area contributed by atoms with E-state index < -0.39 is 0 Å². The van der Waals surface area contributed by atoms with Gasteiger partial charge in [-0.25, -0.2) is 4.79 Å². The third kappa shape index (κ3) is 3.98. The molecule has 1 aromatic heterocycles. The smallest absolute Gasteiger partial charge is 0.336 e. The quantitative estimate of drug-likeness (QED) is 0.758. The molecule has 0 radical (unpaired) electrons. The standard InChI is InChI=1S/C22H29N3O3/c1-16-5-6-19-18(13-21(27)28-22(19)17(16)2)14-23-9-11-24(12-10-23)15-20(26)25-7-3-4-8-25/h5-6,13H,3-4,7-12,14-15H2,1-2H3. The fourth-order valence-electron chi connectivity index (χ4n) is 4.26. The molecule has 2 aromatic rings. The first kappa shape index (κ1) is 19.2. The average molecular weight is 383 g/mol. The van der Waals surface area contributed by atoms with E-state index >= 15 is 0 Å². The summed E-state index contributed by atoms with van der Waals surface area (Å²) in [6.45, 7) is 10.7. The third-order valence-corrected chi connectivity index (χ3v) is 6.19. The minimum Gasteiger partial charge on any atom is -0.422 e. The van der Waals surface area contributed by atoms with Crippen molar-refractivity contribution in [3.8, 4) is 0 Å². The van der Waals surface area contributed by atoms with Gasteiger partial charge in [-0.15, -0.1) is 0 Å². The number of carbonyl (C=O) groups is 1. The van der Waals surface area contributed by atoms with Crippen molar-refractivity contribution < 1.29 is 9.21 Å². The van der Waals surface area contributed by atoms with Gasteiger partial charge in [-0.2, -0.15) is 0 Å². The van der Waals surface area contributed by atoms with Crippen LogP contribution >= 0.6 is 0 Å². The maximum Gasteiger partial charge on any atom is 0.336 e. The van der Waals surface area contributed by atoms with Gasteiger partial charge >= 0.3 is 5.63 Å². The van der Waals surface area contributed by atoms with E-state index in [1.54, 1.807) is 6.07 Å². The van der Waals surface area contributed by atoms with Gasteiger partial charge in [0.05, 0.1) is 6.54 Å². The summed E-state index contributed by atoms with van der Waals surface area (Å²) in [6.07, 6.45) is 2.27. The highest BCUT2D eigenvalue weighted by Crippen LogP contribution is 2.24. The Labute approximate surface area is 165 Å². The Morgan fingerprint density at radius 1 is 1.00 bits per heavy atom. The summed E-state index contributed by atoms with van der Waals surface area (Å²) in [7, 11) is 0. The van der Waals surface area contributed by atoms with Crippen LogP contribution in [0.2, 0.25) is 0 Å². The van der Waals surface area contributed by atoms with Crippen LogP contribution in [0.25, 0.3) is 11.0 Å². The molecule has 2 saturated heterocycles. The summed E-state index contributed by atoms with van der Waals surface area (Å²) in [5.74, 6) is 0.267. The van der Waals surface area contributed by atoms with Crippen LogP contribution < -0.4 is 5.63 Å². The minimum absolute atomic E-state index is 0.267. The van der Waals surface area contributed by atoms with Crippen LogP contribution in [0.5, 0.6) is 0 Å². The molecule has 1 aromatic carbocycles. The van der Waals surface area contributed by atoms with E-state index in [2.05, 4.69) is 21.9 Å². The lowest BCUT2D eigenvalue weighted by molar-refractivity contribution is -0.131. The first-order valence-electron chi connectivity index (χ1n) is 10.3. The summed E-state index contributed by atoms with van der Waals surface area (Å²) >= 11 is 0. The van der Waals surface area contributed by atoms with Crippen LogP contribution in [-0.4, -0.2) is 66.4 Å². The Kier molecular flexibility index (Phi) is 5.51. The summed E-state index contributed by atoms with van der Waals surface area (Å²) in [5, 5.41) is 1.02. The van der Waals surface area contributed by atoms with Gasteiger partial charge in [0.15, 0.2) is 0 Å². The van der Waals surface area contributed by atoms with Crippen molar-refractivity contribution in [2.24, 2.45) is 0 Å². The predicted molar refractivity (Wildman–Crippen MR) is 109 cm³/mol. The number of hydrogen-bond donors (Lipinski definition) is 0. The average Bonchev–Trinajstić information content (AvgIpc) is 3.21. The van der Waals surface area contributed by atoms with E-state index in [0.29, 0.717) is 12.1 Å². The van der Waals surface area contributed by atoms with Gasteiger partial charge in [0, 0.05) is 57.3 Å². The van der Waals surface area contributed by atoms with E-state index in [4.69, 9.17) is 4.42 Å². The molecule has 0 atom stereocenters.